The summed E-state index contributed by atoms with van der Waals surface area (Å²) in [6.45, 7) is 2.12. The summed E-state index contributed by atoms with van der Waals surface area (Å²) in [4.78, 5) is 29.5. The largest absolute Gasteiger partial charge is 0.491 e. The van der Waals surface area contributed by atoms with Crippen molar-refractivity contribution < 1.29 is 27.8 Å². The summed E-state index contributed by atoms with van der Waals surface area (Å²) < 4.78 is 39.0. The lowest BCUT2D eigenvalue weighted by Gasteiger charge is -2.30. The molecule has 1 fully saturated rings. The molecule has 166 valence electrons. The second-order valence-corrected chi connectivity index (χ2v) is 7.52. The molecular formula is C20H23F2N5O4. The van der Waals surface area contributed by atoms with E-state index in [1.54, 1.807) is 35.9 Å². The van der Waals surface area contributed by atoms with Gasteiger partial charge >= 0.3 is 0 Å². The third kappa shape index (κ3) is 4.31. The van der Waals surface area contributed by atoms with Crippen molar-refractivity contribution in [2.75, 3.05) is 36.6 Å². The molecule has 1 aromatic heterocycles. The van der Waals surface area contributed by atoms with Crippen LogP contribution in [0.4, 0.5) is 20.3 Å². The van der Waals surface area contributed by atoms with Crippen molar-refractivity contribution in [1.82, 2.24) is 9.55 Å². The lowest BCUT2D eigenvalue weighted by Crippen LogP contribution is -2.46. The number of hydrogen-bond donors (Lipinski definition) is 2. The summed E-state index contributed by atoms with van der Waals surface area (Å²) in [6, 6.07) is 4.67. The summed E-state index contributed by atoms with van der Waals surface area (Å²) in [6.07, 6.45) is -1.10. The van der Waals surface area contributed by atoms with Crippen LogP contribution in [0.15, 0.2) is 24.4 Å². The highest BCUT2D eigenvalue weighted by Crippen LogP contribution is 2.36. The number of nitrogens with one attached hydrogen (secondary N) is 1. The van der Waals surface area contributed by atoms with Gasteiger partial charge in [-0.3, -0.25) is 14.5 Å². The smallest absolute Gasteiger partial charge is 0.256 e. The van der Waals surface area contributed by atoms with E-state index in [2.05, 4.69) is 10.3 Å². The molecule has 1 aromatic carbocycles. The number of anilines is 2. The standard InChI is InChI=1S/C20H23F2N5O4/c1-11(18(23)28)24-13-2-3-14-15(6-13)31-5-4-26-8-17(25-19(14)26)27(7-16(21)22)20(29)12-9-30-10-12/h2-3,6,8,11-12,16,24H,4-5,7,9-10H2,1H3,(H2,23,28)/t11-/m0/s1. The molecule has 11 heteroatoms. The molecule has 0 aliphatic carbocycles. The second-order valence-electron chi connectivity index (χ2n) is 7.52. The zero-order valence-electron chi connectivity index (χ0n) is 16.9. The second kappa shape index (κ2) is 8.50. The molecule has 31 heavy (non-hydrogen) atoms. The number of alkyl halides is 2. The molecule has 9 nitrogen and oxygen atoms in total. The molecule has 2 aromatic rings. The molecule has 0 saturated carbocycles. The van der Waals surface area contributed by atoms with Gasteiger partial charge in [0, 0.05) is 18.0 Å². The first-order valence-electron chi connectivity index (χ1n) is 9.91. The van der Waals surface area contributed by atoms with E-state index in [1.807, 2.05) is 0 Å². The van der Waals surface area contributed by atoms with Gasteiger partial charge in [0.05, 0.1) is 37.8 Å². The number of rotatable bonds is 7. The van der Waals surface area contributed by atoms with Crippen LogP contribution < -0.4 is 20.7 Å². The Morgan fingerprint density at radius 3 is 2.81 bits per heavy atom. The number of nitrogens with two attached hydrogens (primary N) is 1. The van der Waals surface area contributed by atoms with Crippen LogP contribution in [-0.4, -0.2) is 60.2 Å². The van der Waals surface area contributed by atoms with Gasteiger partial charge in [-0.15, -0.1) is 0 Å². The maximum atomic E-state index is 13.2. The normalized spacial score (nSPS) is 16.4. The van der Waals surface area contributed by atoms with E-state index in [1.165, 1.54) is 0 Å². The van der Waals surface area contributed by atoms with Crippen LogP contribution in [0.3, 0.4) is 0 Å². The molecular weight excluding hydrogens is 412 g/mol. The molecule has 3 N–H and O–H groups in total. The molecule has 3 heterocycles. The number of halogens is 2. The number of amides is 2. The van der Waals surface area contributed by atoms with Crippen LogP contribution in [0.25, 0.3) is 11.4 Å². The maximum Gasteiger partial charge on any atom is 0.256 e. The van der Waals surface area contributed by atoms with E-state index < -0.39 is 36.7 Å². The highest BCUT2D eigenvalue weighted by Gasteiger charge is 2.34. The van der Waals surface area contributed by atoms with Crippen LogP contribution in [0, 0.1) is 5.92 Å². The summed E-state index contributed by atoms with van der Waals surface area (Å²) >= 11 is 0. The van der Waals surface area contributed by atoms with E-state index in [-0.39, 0.29) is 19.0 Å². The van der Waals surface area contributed by atoms with E-state index >= 15 is 0 Å². The van der Waals surface area contributed by atoms with Gasteiger partial charge in [0.2, 0.25) is 11.8 Å². The Hall–Kier alpha value is -3.21. The zero-order valence-corrected chi connectivity index (χ0v) is 16.9. The topological polar surface area (TPSA) is 112 Å². The van der Waals surface area contributed by atoms with Gasteiger partial charge in [-0.2, -0.15) is 0 Å². The van der Waals surface area contributed by atoms with Crippen LogP contribution in [0.5, 0.6) is 5.75 Å². The molecule has 0 spiro atoms. The van der Waals surface area contributed by atoms with Crippen molar-refractivity contribution in [2.45, 2.75) is 25.9 Å². The maximum absolute atomic E-state index is 13.2. The molecule has 1 atom stereocenters. The number of benzene rings is 1. The average Bonchev–Trinajstić information content (AvgIpc) is 3.00. The molecule has 0 radical (unpaired) electrons. The first-order chi connectivity index (χ1) is 14.8. The molecule has 0 unspecified atom stereocenters. The summed E-state index contributed by atoms with van der Waals surface area (Å²) in [5.41, 5.74) is 6.59. The van der Waals surface area contributed by atoms with Crippen LogP contribution in [-0.2, 0) is 20.9 Å². The van der Waals surface area contributed by atoms with Crippen molar-refractivity contribution in [3.05, 3.63) is 24.4 Å². The fourth-order valence-corrected chi connectivity index (χ4v) is 3.44. The molecule has 0 bridgehead atoms. The van der Waals surface area contributed by atoms with Crippen molar-refractivity contribution in [2.24, 2.45) is 11.7 Å². The van der Waals surface area contributed by atoms with Gasteiger partial charge in [-0.05, 0) is 19.1 Å². The SMILES string of the molecule is C[C@H](Nc1ccc2c(c1)OCCn1cc(N(CC(F)F)C(=O)C3COC3)nc1-2)C(N)=O. The van der Waals surface area contributed by atoms with Crippen molar-refractivity contribution in [1.29, 1.82) is 0 Å². The van der Waals surface area contributed by atoms with Crippen LogP contribution >= 0.6 is 0 Å². The van der Waals surface area contributed by atoms with E-state index in [4.69, 9.17) is 15.2 Å². The minimum Gasteiger partial charge on any atom is -0.491 e. The molecule has 2 amide bonds. The van der Waals surface area contributed by atoms with E-state index in [0.717, 1.165) is 4.90 Å². The summed E-state index contributed by atoms with van der Waals surface area (Å²) in [7, 11) is 0. The third-order valence-electron chi connectivity index (χ3n) is 5.24. The van der Waals surface area contributed by atoms with Crippen molar-refractivity contribution in [3.63, 3.8) is 0 Å². The van der Waals surface area contributed by atoms with Crippen molar-refractivity contribution >= 4 is 23.3 Å². The number of nitrogens with zero attached hydrogens (tertiary/aromatic N) is 3. The van der Waals surface area contributed by atoms with Gasteiger partial charge in [0.15, 0.2) is 5.82 Å². The van der Waals surface area contributed by atoms with E-state index in [0.29, 0.717) is 36.0 Å². The highest BCUT2D eigenvalue weighted by molar-refractivity contribution is 5.95. The average molecular weight is 435 g/mol. The lowest BCUT2D eigenvalue weighted by molar-refractivity contribution is -0.136. The fraction of sp³-hybridized carbons (Fsp3) is 0.450. The quantitative estimate of drug-likeness (QED) is 0.681. The predicted octanol–water partition coefficient (Wildman–Crippen LogP) is 1.47. The number of aromatic nitrogens is 2. The monoisotopic (exact) mass is 435 g/mol. The van der Waals surface area contributed by atoms with Gasteiger partial charge < -0.3 is 25.1 Å². The zero-order chi connectivity index (χ0) is 22.1. The van der Waals surface area contributed by atoms with Gasteiger partial charge in [-0.1, -0.05) is 0 Å². The van der Waals surface area contributed by atoms with Crippen LogP contribution in [0.2, 0.25) is 0 Å². The van der Waals surface area contributed by atoms with Gasteiger partial charge in [0.25, 0.3) is 6.43 Å². The fourth-order valence-electron chi connectivity index (χ4n) is 3.44. The molecule has 4 rings (SSSR count). The molecule has 2 aliphatic heterocycles. The minimum atomic E-state index is -2.69. The number of ether oxygens (including phenoxy) is 2. The number of carbonyl (C=O) groups excluding carboxylic acids is 2. The first kappa shape index (κ1) is 21.0. The number of fused-ring (bicyclic) bond motifs is 3. The Labute approximate surface area is 177 Å². The Morgan fingerprint density at radius 1 is 1.39 bits per heavy atom. The lowest BCUT2D eigenvalue weighted by atomic mass is 10.1. The summed E-state index contributed by atoms with van der Waals surface area (Å²) in [5, 5.41) is 2.99. The molecule has 2 aliphatic rings. The number of carbonyl (C=O) groups is 2. The number of imidazole rings is 1. The van der Waals surface area contributed by atoms with Gasteiger partial charge in [0.1, 0.15) is 24.2 Å². The van der Waals surface area contributed by atoms with Crippen LogP contribution in [0.1, 0.15) is 6.92 Å². The highest BCUT2D eigenvalue weighted by atomic mass is 19.3. The predicted molar refractivity (Wildman–Crippen MR) is 108 cm³/mol. The Bertz CT molecular complexity index is 992. The van der Waals surface area contributed by atoms with Crippen molar-refractivity contribution in [3.8, 4) is 17.1 Å². The third-order valence-corrected chi connectivity index (χ3v) is 5.24. The first-order valence-corrected chi connectivity index (χ1v) is 9.91. The Balaban J connectivity index is 1.66. The summed E-state index contributed by atoms with van der Waals surface area (Å²) in [5.74, 6) is -0.139. The van der Waals surface area contributed by atoms with E-state index in [9.17, 15) is 18.4 Å². The Kier molecular flexibility index (Phi) is 5.77. The molecule has 1 saturated heterocycles. The number of hydrogen-bond acceptors (Lipinski definition) is 6. The minimum absolute atomic E-state index is 0.171. The van der Waals surface area contributed by atoms with Gasteiger partial charge in [-0.25, -0.2) is 13.8 Å². The Morgan fingerprint density at radius 2 is 2.16 bits per heavy atom. The number of primary amides is 1.